The molecule has 0 N–H and O–H groups in total. The van der Waals surface area contributed by atoms with E-state index in [1.165, 1.54) is 35.6 Å². The number of morpholine rings is 1. The molecule has 7 nitrogen and oxygen atoms in total. The lowest BCUT2D eigenvalue weighted by atomic mass is 10.3. The normalized spacial score (nSPS) is 14.7. The van der Waals surface area contributed by atoms with Gasteiger partial charge < -0.3 is 14.4 Å². The minimum atomic E-state index is -4.40. The fourth-order valence-corrected chi connectivity index (χ4v) is 4.63. The van der Waals surface area contributed by atoms with Gasteiger partial charge in [0.2, 0.25) is 5.95 Å². The first-order chi connectivity index (χ1) is 15.4. The third-order valence-electron chi connectivity index (χ3n) is 4.45. The van der Waals surface area contributed by atoms with Gasteiger partial charge in [-0.25, -0.2) is 9.37 Å². The van der Waals surface area contributed by atoms with Gasteiger partial charge in [0, 0.05) is 24.2 Å². The molecule has 3 heterocycles. The first-order valence-corrected chi connectivity index (χ1v) is 11.5. The van der Waals surface area contributed by atoms with Gasteiger partial charge in [-0.15, -0.1) is 21.5 Å². The van der Waals surface area contributed by atoms with E-state index in [0.29, 0.717) is 48.5 Å². The smallest absolute Gasteiger partial charge is 0.406 e. The summed E-state index contributed by atoms with van der Waals surface area (Å²) in [4.78, 5) is 6.20. The number of nitrogens with zero attached hydrogens (tertiary/aromatic N) is 5. The molecule has 1 aromatic carbocycles. The Kier molecular flexibility index (Phi) is 7.16. The summed E-state index contributed by atoms with van der Waals surface area (Å²) in [6.07, 6.45) is -4.40. The molecule has 32 heavy (non-hydrogen) atoms. The Morgan fingerprint density at radius 3 is 2.59 bits per heavy atom. The van der Waals surface area contributed by atoms with Crippen LogP contribution in [0, 0.1) is 5.82 Å². The van der Waals surface area contributed by atoms with Crippen molar-refractivity contribution in [2.75, 3.05) is 31.2 Å². The van der Waals surface area contributed by atoms with Crippen LogP contribution in [0.5, 0.6) is 5.75 Å². The Bertz CT molecular complexity index is 1020. The van der Waals surface area contributed by atoms with Crippen LogP contribution in [-0.4, -0.2) is 52.2 Å². The number of hydrogen-bond donors (Lipinski definition) is 0. The number of thioether (sulfide) groups is 1. The molecule has 1 aliphatic heterocycles. The van der Waals surface area contributed by atoms with Crippen LogP contribution in [0.25, 0.3) is 0 Å². The lowest BCUT2D eigenvalue weighted by Crippen LogP contribution is -2.38. The maximum atomic E-state index is 13.2. The monoisotopic (exact) mass is 489 g/mol. The van der Waals surface area contributed by atoms with E-state index < -0.39 is 12.7 Å². The number of ether oxygens (including phenoxy) is 2. The van der Waals surface area contributed by atoms with Gasteiger partial charge >= 0.3 is 6.18 Å². The predicted molar refractivity (Wildman–Crippen MR) is 112 cm³/mol. The number of thiazole rings is 1. The van der Waals surface area contributed by atoms with Gasteiger partial charge in [-0.3, -0.25) is 4.57 Å². The molecule has 0 atom stereocenters. The van der Waals surface area contributed by atoms with Crippen molar-refractivity contribution in [1.29, 1.82) is 0 Å². The molecule has 0 amide bonds. The van der Waals surface area contributed by atoms with Crippen molar-refractivity contribution in [1.82, 2.24) is 19.7 Å². The van der Waals surface area contributed by atoms with Crippen LogP contribution >= 0.6 is 23.1 Å². The average Bonchev–Trinajstić information content (AvgIpc) is 3.38. The highest BCUT2D eigenvalue weighted by Crippen LogP contribution is 2.30. The van der Waals surface area contributed by atoms with Crippen molar-refractivity contribution >= 4 is 29.0 Å². The zero-order chi connectivity index (χ0) is 22.6. The second-order valence-electron chi connectivity index (χ2n) is 6.85. The van der Waals surface area contributed by atoms with E-state index in [9.17, 15) is 17.6 Å². The third kappa shape index (κ3) is 6.11. The fourth-order valence-electron chi connectivity index (χ4n) is 3.00. The highest BCUT2D eigenvalue weighted by Gasteiger charge is 2.32. The minimum Gasteiger partial charge on any atom is -0.486 e. The molecule has 0 bridgehead atoms. The van der Waals surface area contributed by atoms with E-state index in [-0.39, 0.29) is 23.5 Å². The quantitative estimate of drug-likeness (QED) is 0.348. The Morgan fingerprint density at radius 2 is 1.88 bits per heavy atom. The summed E-state index contributed by atoms with van der Waals surface area (Å²) < 4.78 is 64.5. The Balaban J connectivity index is 1.39. The molecule has 0 radical (unpaired) electrons. The molecule has 1 aliphatic rings. The number of anilines is 1. The van der Waals surface area contributed by atoms with Gasteiger partial charge in [0.15, 0.2) is 5.16 Å². The summed E-state index contributed by atoms with van der Waals surface area (Å²) in [5.74, 6) is 0.709. The van der Waals surface area contributed by atoms with Crippen LogP contribution in [0.3, 0.4) is 0 Å². The minimum absolute atomic E-state index is 0.181. The second kappa shape index (κ2) is 10.0. The van der Waals surface area contributed by atoms with E-state index in [1.54, 1.807) is 4.90 Å². The van der Waals surface area contributed by atoms with Gasteiger partial charge in [0.25, 0.3) is 0 Å². The summed E-state index contributed by atoms with van der Waals surface area (Å²) in [5, 5.41) is 10.7. The molecule has 2 aromatic heterocycles. The predicted octanol–water partition coefficient (Wildman–Crippen LogP) is 4.14. The molecule has 0 saturated carbocycles. The van der Waals surface area contributed by atoms with Gasteiger partial charge in [0.05, 0.1) is 18.9 Å². The van der Waals surface area contributed by atoms with Crippen molar-refractivity contribution in [3.63, 3.8) is 0 Å². The Hall–Kier alpha value is -2.38. The molecule has 0 unspecified atom stereocenters. The highest BCUT2D eigenvalue weighted by molar-refractivity contribution is 7.98. The average molecular weight is 490 g/mol. The summed E-state index contributed by atoms with van der Waals surface area (Å²) in [6.45, 7) is 0.843. The van der Waals surface area contributed by atoms with Gasteiger partial charge in [-0.2, -0.15) is 13.2 Å². The Morgan fingerprint density at radius 1 is 1.12 bits per heavy atom. The summed E-state index contributed by atoms with van der Waals surface area (Å²) in [7, 11) is 0. The van der Waals surface area contributed by atoms with Gasteiger partial charge in [-0.1, -0.05) is 11.8 Å². The molecular formula is C19H19F4N5O2S2. The number of hydrogen-bond acceptors (Lipinski definition) is 8. The maximum absolute atomic E-state index is 13.2. The third-order valence-corrected chi connectivity index (χ3v) is 6.32. The largest absolute Gasteiger partial charge is 0.486 e. The zero-order valence-electron chi connectivity index (χ0n) is 16.7. The zero-order valence-corrected chi connectivity index (χ0v) is 18.4. The lowest BCUT2D eigenvalue weighted by Gasteiger charge is -2.28. The van der Waals surface area contributed by atoms with E-state index >= 15 is 0 Å². The number of aromatic nitrogens is 4. The van der Waals surface area contributed by atoms with Crippen molar-refractivity contribution in [3.05, 3.63) is 46.2 Å². The van der Waals surface area contributed by atoms with Crippen molar-refractivity contribution in [3.8, 4) is 5.75 Å². The molecule has 1 fully saturated rings. The summed E-state index contributed by atoms with van der Waals surface area (Å²) >= 11 is 2.53. The van der Waals surface area contributed by atoms with Gasteiger partial charge in [0.1, 0.15) is 29.7 Å². The summed E-state index contributed by atoms with van der Waals surface area (Å²) in [6, 6.07) is 5.67. The van der Waals surface area contributed by atoms with E-state index in [2.05, 4.69) is 15.2 Å². The first kappa shape index (κ1) is 22.8. The fraction of sp³-hybridized carbons (Fsp3) is 0.421. The van der Waals surface area contributed by atoms with Crippen LogP contribution < -0.4 is 9.64 Å². The molecule has 13 heteroatoms. The number of rotatable bonds is 8. The standard InChI is InChI=1S/C19H19F4N5O2S2/c20-13-1-3-15(4-2-13)30-9-16-24-14(10-31-16)11-32-18-26-25-17(27-5-7-29-8-6-27)28(18)12-19(21,22)23/h1-4,10H,5-9,11-12H2. The van der Waals surface area contributed by atoms with Crippen molar-refractivity contribution in [2.45, 2.75) is 30.2 Å². The van der Waals surface area contributed by atoms with Crippen LogP contribution in [0.15, 0.2) is 34.8 Å². The van der Waals surface area contributed by atoms with Crippen LogP contribution in [0.1, 0.15) is 10.7 Å². The van der Waals surface area contributed by atoms with Crippen LogP contribution in [-0.2, 0) is 23.6 Å². The SMILES string of the molecule is Fc1ccc(OCc2nc(CSc3nnc(N4CCOCC4)n3CC(F)(F)F)cs2)cc1. The number of halogens is 4. The highest BCUT2D eigenvalue weighted by atomic mass is 32.2. The molecule has 4 rings (SSSR count). The van der Waals surface area contributed by atoms with Crippen molar-refractivity contribution < 1.29 is 27.0 Å². The molecule has 3 aromatic rings. The number of benzene rings is 1. The second-order valence-corrected chi connectivity index (χ2v) is 8.73. The van der Waals surface area contributed by atoms with E-state index in [4.69, 9.17) is 9.47 Å². The van der Waals surface area contributed by atoms with Crippen molar-refractivity contribution in [2.24, 2.45) is 0 Å². The molecule has 1 saturated heterocycles. The first-order valence-electron chi connectivity index (χ1n) is 9.64. The number of alkyl halides is 3. The molecule has 0 aliphatic carbocycles. The lowest BCUT2D eigenvalue weighted by molar-refractivity contribution is -0.141. The maximum Gasteiger partial charge on any atom is 0.406 e. The summed E-state index contributed by atoms with van der Waals surface area (Å²) in [5.41, 5.74) is 0.701. The molecular weight excluding hydrogens is 470 g/mol. The van der Waals surface area contributed by atoms with E-state index in [1.807, 2.05) is 5.38 Å². The van der Waals surface area contributed by atoms with Gasteiger partial charge in [-0.05, 0) is 24.3 Å². The molecule has 0 spiro atoms. The Labute approximate surface area is 189 Å². The van der Waals surface area contributed by atoms with Crippen LogP contribution in [0.2, 0.25) is 0 Å². The molecule has 172 valence electrons. The van der Waals surface area contributed by atoms with E-state index in [0.717, 1.165) is 16.3 Å². The van der Waals surface area contributed by atoms with Crippen LogP contribution in [0.4, 0.5) is 23.5 Å². The topological polar surface area (TPSA) is 65.3 Å².